The van der Waals surface area contributed by atoms with Crippen LogP contribution in [-0.4, -0.2) is 13.1 Å². The minimum Gasteiger partial charge on any atom is -0.371 e. The standard InChI is InChI=1S/C16H23N/c1-13(2)15-9-8-14(3)16(12-15)17-10-6-4-5-7-11-17/h8-9,12H,1,4-7,10-11H2,2-3H3. The summed E-state index contributed by atoms with van der Waals surface area (Å²) in [6.07, 6.45) is 5.43. The molecule has 1 heterocycles. The first-order valence-corrected chi connectivity index (χ1v) is 6.70. The molecule has 0 saturated carbocycles. The van der Waals surface area contributed by atoms with Crippen LogP contribution in [0.3, 0.4) is 0 Å². The quantitative estimate of drug-likeness (QED) is 0.726. The Labute approximate surface area is 105 Å². The fraction of sp³-hybridized carbons (Fsp3) is 0.500. The lowest BCUT2D eigenvalue weighted by molar-refractivity contribution is 0.726. The average Bonchev–Trinajstić information content (AvgIpc) is 2.58. The Bertz CT molecular complexity index is 398. The Hall–Kier alpha value is -1.24. The molecule has 0 aromatic heterocycles. The van der Waals surface area contributed by atoms with Crippen LogP contribution in [0, 0.1) is 6.92 Å². The summed E-state index contributed by atoms with van der Waals surface area (Å²) >= 11 is 0. The van der Waals surface area contributed by atoms with Crippen LogP contribution < -0.4 is 4.90 Å². The number of benzene rings is 1. The van der Waals surface area contributed by atoms with Crippen LogP contribution in [0.2, 0.25) is 0 Å². The van der Waals surface area contributed by atoms with Gasteiger partial charge >= 0.3 is 0 Å². The Morgan fingerprint density at radius 3 is 2.35 bits per heavy atom. The van der Waals surface area contributed by atoms with Gasteiger partial charge in [-0.05, 0) is 43.9 Å². The highest BCUT2D eigenvalue weighted by Crippen LogP contribution is 2.26. The highest BCUT2D eigenvalue weighted by molar-refractivity contribution is 5.68. The van der Waals surface area contributed by atoms with Crippen molar-refractivity contribution in [2.45, 2.75) is 39.5 Å². The Kier molecular flexibility index (Phi) is 3.88. The van der Waals surface area contributed by atoms with Gasteiger partial charge in [-0.25, -0.2) is 0 Å². The molecule has 1 saturated heterocycles. The van der Waals surface area contributed by atoms with Crippen molar-refractivity contribution in [2.75, 3.05) is 18.0 Å². The maximum absolute atomic E-state index is 4.04. The van der Waals surface area contributed by atoms with Crippen LogP contribution in [0.15, 0.2) is 24.8 Å². The van der Waals surface area contributed by atoms with Gasteiger partial charge in [0.05, 0.1) is 0 Å². The fourth-order valence-electron chi connectivity index (χ4n) is 2.53. The van der Waals surface area contributed by atoms with Gasteiger partial charge in [0.2, 0.25) is 0 Å². The molecule has 0 radical (unpaired) electrons. The second-order valence-electron chi connectivity index (χ2n) is 5.18. The van der Waals surface area contributed by atoms with Crippen molar-refractivity contribution >= 4 is 11.3 Å². The van der Waals surface area contributed by atoms with Crippen molar-refractivity contribution < 1.29 is 0 Å². The molecular weight excluding hydrogens is 206 g/mol. The second kappa shape index (κ2) is 5.39. The van der Waals surface area contributed by atoms with E-state index in [0.717, 1.165) is 5.57 Å². The summed E-state index contributed by atoms with van der Waals surface area (Å²) in [5.41, 5.74) is 5.22. The van der Waals surface area contributed by atoms with Crippen LogP contribution >= 0.6 is 0 Å². The first-order valence-electron chi connectivity index (χ1n) is 6.70. The van der Waals surface area contributed by atoms with Crippen molar-refractivity contribution in [2.24, 2.45) is 0 Å². The maximum atomic E-state index is 4.04. The molecule has 0 bridgehead atoms. The molecule has 0 N–H and O–H groups in total. The number of nitrogens with zero attached hydrogens (tertiary/aromatic N) is 1. The molecule has 1 nitrogen and oxygen atoms in total. The average molecular weight is 229 g/mol. The minimum atomic E-state index is 1.15. The topological polar surface area (TPSA) is 3.24 Å². The van der Waals surface area contributed by atoms with Gasteiger partial charge in [-0.1, -0.05) is 37.1 Å². The van der Waals surface area contributed by atoms with Crippen LogP contribution in [0.5, 0.6) is 0 Å². The summed E-state index contributed by atoms with van der Waals surface area (Å²) in [6, 6.07) is 6.71. The normalized spacial score (nSPS) is 16.7. The van der Waals surface area contributed by atoms with E-state index in [1.807, 2.05) is 0 Å². The number of aryl methyl sites for hydroxylation is 1. The van der Waals surface area contributed by atoms with Gasteiger partial charge in [-0.3, -0.25) is 0 Å². The number of hydrogen-bond acceptors (Lipinski definition) is 1. The molecule has 1 aliphatic rings. The van der Waals surface area contributed by atoms with Gasteiger partial charge < -0.3 is 4.90 Å². The number of rotatable bonds is 2. The Morgan fingerprint density at radius 1 is 1.12 bits per heavy atom. The van der Waals surface area contributed by atoms with E-state index in [9.17, 15) is 0 Å². The van der Waals surface area contributed by atoms with Gasteiger partial charge in [-0.15, -0.1) is 0 Å². The molecule has 0 atom stereocenters. The SMILES string of the molecule is C=C(C)c1ccc(C)c(N2CCCCCC2)c1. The summed E-state index contributed by atoms with van der Waals surface area (Å²) in [6.45, 7) is 10.7. The fourth-order valence-corrected chi connectivity index (χ4v) is 2.53. The van der Waals surface area contributed by atoms with Gasteiger partial charge in [-0.2, -0.15) is 0 Å². The van der Waals surface area contributed by atoms with Gasteiger partial charge in [0, 0.05) is 18.8 Å². The largest absolute Gasteiger partial charge is 0.371 e. The van der Waals surface area contributed by atoms with E-state index in [0.29, 0.717) is 0 Å². The number of hydrogen-bond donors (Lipinski definition) is 0. The van der Waals surface area contributed by atoms with Crippen molar-refractivity contribution in [3.63, 3.8) is 0 Å². The third kappa shape index (κ3) is 2.91. The van der Waals surface area contributed by atoms with Crippen molar-refractivity contribution in [3.8, 4) is 0 Å². The summed E-state index contributed by atoms with van der Waals surface area (Å²) in [7, 11) is 0. The number of allylic oxidation sites excluding steroid dienone is 1. The van der Waals surface area contributed by atoms with Crippen LogP contribution in [-0.2, 0) is 0 Å². The predicted molar refractivity (Wildman–Crippen MR) is 76.6 cm³/mol. The lowest BCUT2D eigenvalue weighted by atomic mass is 10.0. The van der Waals surface area contributed by atoms with Gasteiger partial charge in [0.15, 0.2) is 0 Å². The monoisotopic (exact) mass is 229 g/mol. The molecular formula is C16H23N. The van der Waals surface area contributed by atoms with E-state index >= 15 is 0 Å². The van der Waals surface area contributed by atoms with Crippen LogP contribution in [0.25, 0.3) is 5.57 Å². The zero-order chi connectivity index (χ0) is 12.3. The third-order valence-corrected chi connectivity index (χ3v) is 3.65. The van der Waals surface area contributed by atoms with E-state index in [-0.39, 0.29) is 0 Å². The molecule has 1 aromatic carbocycles. The van der Waals surface area contributed by atoms with Crippen molar-refractivity contribution in [1.82, 2.24) is 0 Å². The van der Waals surface area contributed by atoms with E-state index in [1.165, 1.54) is 55.6 Å². The third-order valence-electron chi connectivity index (χ3n) is 3.65. The van der Waals surface area contributed by atoms with E-state index in [4.69, 9.17) is 0 Å². The summed E-state index contributed by atoms with van der Waals surface area (Å²) in [5.74, 6) is 0. The highest BCUT2D eigenvalue weighted by atomic mass is 15.1. The smallest absolute Gasteiger partial charge is 0.0402 e. The van der Waals surface area contributed by atoms with E-state index in [2.05, 4.69) is 43.5 Å². The molecule has 2 rings (SSSR count). The molecule has 17 heavy (non-hydrogen) atoms. The zero-order valence-corrected chi connectivity index (χ0v) is 11.1. The van der Waals surface area contributed by atoms with Crippen LogP contribution in [0.4, 0.5) is 5.69 Å². The predicted octanol–water partition coefficient (Wildman–Crippen LogP) is 4.41. The molecule has 1 aliphatic heterocycles. The maximum Gasteiger partial charge on any atom is 0.0402 e. The lowest BCUT2D eigenvalue weighted by Crippen LogP contribution is -2.24. The zero-order valence-electron chi connectivity index (χ0n) is 11.1. The van der Waals surface area contributed by atoms with Crippen molar-refractivity contribution in [1.29, 1.82) is 0 Å². The molecule has 1 fully saturated rings. The molecule has 0 amide bonds. The molecule has 1 heteroatoms. The minimum absolute atomic E-state index is 1.15. The Balaban J connectivity index is 2.28. The molecule has 0 spiro atoms. The molecule has 0 aliphatic carbocycles. The second-order valence-corrected chi connectivity index (χ2v) is 5.18. The highest BCUT2D eigenvalue weighted by Gasteiger charge is 2.12. The summed E-state index contributed by atoms with van der Waals surface area (Å²) in [4.78, 5) is 2.55. The first kappa shape index (κ1) is 12.2. The summed E-state index contributed by atoms with van der Waals surface area (Å²) < 4.78 is 0. The molecule has 1 aromatic rings. The lowest BCUT2D eigenvalue weighted by Gasteiger charge is -2.25. The van der Waals surface area contributed by atoms with Crippen molar-refractivity contribution in [3.05, 3.63) is 35.9 Å². The van der Waals surface area contributed by atoms with Crippen LogP contribution in [0.1, 0.15) is 43.7 Å². The van der Waals surface area contributed by atoms with E-state index < -0.39 is 0 Å². The molecule has 0 unspecified atom stereocenters. The van der Waals surface area contributed by atoms with E-state index in [1.54, 1.807) is 0 Å². The molecule has 92 valence electrons. The van der Waals surface area contributed by atoms with Gasteiger partial charge in [0.25, 0.3) is 0 Å². The Morgan fingerprint density at radius 2 is 1.76 bits per heavy atom. The summed E-state index contributed by atoms with van der Waals surface area (Å²) in [5, 5.41) is 0. The number of anilines is 1. The first-order chi connectivity index (χ1) is 8.18. The van der Waals surface area contributed by atoms with Gasteiger partial charge in [0.1, 0.15) is 0 Å².